The van der Waals surface area contributed by atoms with Crippen molar-refractivity contribution < 1.29 is 14.6 Å². The lowest BCUT2D eigenvalue weighted by molar-refractivity contribution is 0.0928. The van der Waals surface area contributed by atoms with Crippen molar-refractivity contribution in [1.82, 2.24) is 5.32 Å². The summed E-state index contributed by atoms with van der Waals surface area (Å²) in [5.41, 5.74) is 0.199. The van der Waals surface area contributed by atoms with Gasteiger partial charge in [-0.1, -0.05) is 37.0 Å². The number of hydrogen-bond acceptors (Lipinski definition) is 3. The number of nitrogens with one attached hydrogen (secondary N) is 1. The molecule has 0 bridgehead atoms. The van der Waals surface area contributed by atoms with Crippen LogP contribution in [-0.4, -0.2) is 31.3 Å². The van der Waals surface area contributed by atoms with Crippen LogP contribution in [0.1, 0.15) is 30.6 Å². The number of carbonyl (C=O) groups excluding carboxylic acids is 1. The smallest absolute Gasteiger partial charge is 0.251 e. The maximum Gasteiger partial charge on any atom is 0.251 e. The number of ether oxygens (including phenoxy) is 1. The van der Waals surface area contributed by atoms with Crippen molar-refractivity contribution in [2.24, 2.45) is 5.41 Å². The van der Waals surface area contributed by atoms with E-state index < -0.39 is 0 Å². The van der Waals surface area contributed by atoms with Gasteiger partial charge in [0.2, 0.25) is 0 Å². The van der Waals surface area contributed by atoms with Crippen LogP contribution in [0.5, 0.6) is 5.75 Å². The molecule has 1 amide bonds. The summed E-state index contributed by atoms with van der Waals surface area (Å²) in [5.74, 6) is 0.0907. The molecule has 2 N–H and O–H groups in total. The molecule has 0 spiro atoms. The molecule has 1 aromatic rings. The second-order valence-corrected chi connectivity index (χ2v) is 6.11. The minimum absolute atomic E-state index is 0.0864. The fourth-order valence-corrected chi connectivity index (χ4v) is 2.34. The summed E-state index contributed by atoms with van der Waals surface area (Å²) < 4.78 is 5.03. The number of benzene rings is 1. The number of methoxy groups -OCH3 is 1. The molecule has 0 fully saturated rings. The summed E-state index contributed by atoms with van der Waals surface area (Å²) in [7, 11) is 1.46. The molecule has 0 radical (unpaired) electrons. The zero-order valence-electron chi connectivity index (χ0n) is 11.8. The Morgan fingerprint density at radius 2 is 1.90 bits per heavy atom. The maximum atomic E-state index is 12.1. The molecule has 0 aromatic heterocycles. The van der Waals surface area contributed by atoms with E-state index in [1.54, 1.807) is 0 Å². The van der Waals surface area contributed by atoms with E-state index in [1.165, 1.54) is 19.2 Å². The van der Waals surface area contributed by atoms with Crippen molar-refractivity contribution in [2.75, 3.05) is 20.3 Å². The zero-order valence-corrected chi connectivity index (χ0v) is 13.3. The van der Waals surface area contributed by atoms with Crippen molar-refractivity contribution in [3.63, 3.8) is 0 Å². The Hall–Kier alpha value is -0.970. The van der Waals surface area contributed by atoms with E-state index in [4.69, 9.17) is 33.0 Å². The lowest BCUT2D eigenvalue weighted by Gasteiger charge is -2.23. The molecular formula is C14H19Cl2NO3. The topological polar surface area (TPSA) is 58.6 Å². The van der Waals surface area contributed by atoms with Gasteiger partial charge in [-0.05, 0) is 24.0 Å². The summed E-state index contributed by atoms with van der Waals surface area (Å²) in [5, 5.41) is 12.3. The van der Waals surface area contributed by atoms with Gasteiger partial charge < -0.3 is 15.2 Å². The van der Waals surface area contributed by atoms with Crippen LogP contribution in [0.25, 0.3) is 0 Å². The quantitative estimate of drug-likeness (QED) is 0.846. The summed E-state index contributed by atoms with van der Waals surface area (Å²) in [6, 6.07) is 3.03. The molecule has 0 atom stereocenters. The molecule has 0 saturated heterocycles. The summed E-state index contributed by atoms with van der Waals surface area (Å²) >= 11 is 12.0. The van der Waals surface area contributed by atoms with Crippen molar-refractivity contribution in [3.8, 4) is 5.75 Å². The number of aliphatic hydroxyl groups excluding tert-OH is 1. The molecule has 4 nitrogen and oxygen atoms in total. The van der Waals surface area contributed by atoms with Crippen LogP contribution in [-0.2, 0) is 0 Å². The largest absolute Gasteiger partial charge is 0.494 e. The van der Waals surface area contributed by atoms with Gasteiger partial charge in [-0.15, -0.1) is 0 Å². The fraction of sp³-hybridized carbons (Fsp3) is 0.500. The Labute approximate surface area is 129 Å². The third-order valence-electron chi connectivity index (χ3n) is 2.98. The first-order valence-corrected chi connectivity index (χ1v) is 6.98. The minimum Gasteiger partial charge on any atom is -0.494 e. The Balaban J connectivity index is 2.79. The van der Waals surface area contributed by atoms with Crippen LogP contribution < -0.4 is 10.1 Å². The lowest BCUT2D eigenvalue weighted by atomic mass is 9.89. The Bertz CT molecular complexity index is 466. The van der Waals surface area contributed by atoms with E-state index in [0.717, 1.165) is 0 Å². The number of rotatable bonds is 6. The molecule has 0 aliphatic carbocycles. The van der Waals surface area contributed by atoms with E-state index in [2.05, 4.69) is 5.32 Å². The van der Waals surface area contributed by atoms with Crippen LogP contribution in [0.15, 0.2) is 12.1 Å². The van der Waals surface area contributed by atoms with E-state index in [9.17, 15) is 4.79 Å². The zero-order chi connectivity index (χ0) is 15.3. The Kier molecular flexibility index (Phi) is 6.11. The third-order valence-corrected chi connectivity index (χ3v) is 3.54. The average Bonchev–Trinajstić information content (AvgIpc) is 2.35. The molecule has 0 unspecified atom stereocenters. The first kappa shape index (κ1) is 17.1. The highest BCUT2D eigenvalue weighted by Gasteiger charge is 2.19. The van der Waals surface area contributed by atoms with Gasteiger partial charge in [-0.3, -0.25) is 4.79 Å². The molecule has 0 saturated carbocycles. The van der Waals surface area contributed by atoms with Crippen LogP contribution >= 0.6 is 23.2 Å². The van der Waals surface area contributed by atoms with Crippen molar-refractivity contribution in [3.05, 3.63) is 27.7 Å². The van der Waals surface area contributed by atoms with Gasteiger partial charge in [0.15, 0.2) is 5.75 Å². The molecule has 1 rings (SSSR count). The molecule has 20 heavy (non-hydrogen) atoms. The standard InChI is InChI=1S/C14H19Cl2NO3/c1-14(2,4-5-18)8-17-13(19)9-6-10(15)12(20-3)11(16)7-9/h6-7,18H,4-5,8H2,1-3H3,(H,17,19). The molecule has 1 aromatic carbocycles. The summed E-state index contributed by atoms with van der Waals surface area (Å²) in [6.07, 6.45) is 0.609. The highest BCUT2D eigenvalue weighted by atomic mass is 35.5. The van der Waals surface area contributed by atoms with Gasteiger partial charge in [0.25, 0.3) is 5.91 Å². The molecular weight excluding hydrogens is 301 g/mol. The van der Waals surface area contributed by atoms with Crippen LogP contribution in [0, 0.1) is 5.41 Å². The number of aliphatic hydroxyl groups is 1. The molecule has 0 aliphatic rings. The number of amides is 1. The summed E-state index contributed by atoms with van der Waals surface area (Å²) in [6.45, 7) is 4.48. The summed E-state index contributed by atoms with van der Waals surface area (Å²) in [4.78, 5) is 12.1. The number of hydrogen-bond donors (Lipinski definition) is 2. The highest BCUT2D eigenvalue weighted by molar-refractivity contribution is 6.37. The predicted molar refractivity (Wildman–Crippen MR) is 80.8 cm³/mol. The SMILES string of the molecule is COc1c(Cl)cc(C(=O)NCC(C)(C)CCO)cc1Cl. The van der Waals surface area contributed by atoms with Crippen molar-refractivity contribution in [2.45, 2.75) is 20.3 Å². The monoisotopic (exact) mass is 319 g/mol. The maximum absolute atomic E-state index is 12.1. The van der Waals surface area contributed by atoms with E-state index >= 15 is 0 Å². The van der Waals surface area contributed by atoms with E-state index in [1.807, 2.05) is 13.8 Å². The Morgan fingerprint density at radius 3 is 2.35 bits per heavy atom. The Morgan fingerprint density at radius 1 is 1.35 bits per heavy atom. The second-order valence-electron chi connectivity index (χ2n) is 5.29. The van der Waals surface area contributed by atoms with Gasteiger partial charge >= 0.3 is 0 Å². The van der Waals surface area contributed by atoms with Crippen LogP contribution in [0.4, 0.5) is 0 Å². The molecule has 6 heteroatoms. The fourth-order valence-electron chi connectivity index (χ4n) is 1.70. The average molecular weight is 320 g/mol. The highest BCUT2D eigenvalue weighted by Crippen LogP contribution is 2.33. The normalized spacial score (nSPS) is 11.3. The van der Waals surface area contributed by atoms with E-state index in [-0.39, 0.29) is 17.9 Å². The van der Waals surface area contributed by atoms with Gasteiger partial charge in [0.05, 0.1) is 17.2 Å². The van der Waals surface area contributed by atoms with Crippen LogP contribution in [0.3, 0.4) is 0 Å². The second kappa shape index (κ2) is 7.16. The van der Waals surface area contributed by atoms with Gasteiger partial charge in [0.1, 0.15) is 0 Å². The van der Waals surface area contributed by atoms with Gasteiger partial charge in [-0.25, -0.2) is 0 Å². The number of carbonyl (C=O) groups is 1. The van der Waals surface area contributed by atoms with Gasteiger partial charge in [-0.2, -0.15) is 0 Å². The first-order valence-electron chi connectivity index (χ1n) is 6.23. The van der Waals surface area contributed by atoms with Crippen molar-refractivity contribution >= 4 is 29.1 Å². The van der Waals surface area contributed by atoms with Crippen LogP contribution in [0.2, 0.25) is 10.0 Å². The van der Waals surface area contributed by atoms with Crippen molar-refractivity contribution in [1.29, 1.82) is 0 Å². The molecule has 0 aliphatic heterocycles. The first-order chi connectivity index (χ1) is 9.30. The van der Waals surface area contributed by atoms with E-state index in [0.29, 0.717) is 34.3 Å². The predicted octanol–water partition coefficient (Wildman–Crippen LogP) is 3.14. The molecule has 0 heterocycles. The lowest BCUT2D eigenvalue weighted by Crippen LogP contribution is -2.34. The van der Waals surface area contributed by atoms with Gasteiger partial charge in [0, 0.05) is 18.7 Å². The molecule has 112 valence electrons. The minimum atomic E-state index is -0.262. The number of halogens is 2. The third kappa shape index (κ3) is 4.54.